The average Bonchev–Trinajstić information content (AvgIpc) is 2.74. The van der Waals surface area contributed by atoms with Crippen molar-refractivity contribution in [1.82, 2.24) is 0 Å². The van der Waals surface area contributed by atoms with Gasteiger partial charge in [0.05, 0.1) is 11.5 Å². The van der Waals surface area contributed by atoms with E-state index >= 15 is 0 Å². The van der Waals surface area contributed by atoms with Gasteiger partial charge in [-0.1, -0.05) is 31.6 Å². The summed E-state index contributed by atoms with van der Waals surface area (Å²) in [4.78, 5) is 16.4. The Hall–Kier alpha value is -1.87. The van der Waals surface area contributed by atoms with Crippen LogP contribution in [0.25, 0.3) is 0 Å². The van der Waals surface area contributed by atoms with Crippen LogP contribution in [0.5, 0.6) is 5.75 Å². The van der Waals surface area contributed by atoms with Crippen molar-refractivity contribution in [3.8, 4) is 5.75 Å². The van der Waals surface area contributed by atoms with Crippen LogP contribution in [0, 0.1) is 6.92 Å². The molecule has 0 aromatic heterocycles. The number of aliphatic carboxylic acids is 1. The zero-order valence-electron chi connectivity index (χ0n) is 19.5. The van der Waals surface area contributed by atoms with Crippen LogP contribution in [-0.4, -0.2) is 47.0 Å². The van der Waals surface area contributed by atoms with Crippen LogP contribution in [0.3, 0.4) is 0 Å². The van der Waals surface area contributed by atoms with Gasteiger partial charge >= 0.3 is 12.1 Å². The SMILES string of the molecule is C/C=C(\C=C/CC(F)(F)F)C(=NCC)SCCSc1ccc(OCC(=O)O)c(CCC)c1C. The molecule has 184 valence electrons. The molecule has 33 heavy (non-hydrogen) atoms. The molecule has 1 rings (SSSR count). The third kappa shape index (κ3) is 11.2. The summed E-state index contributed by atoms with van der Waals surface area (Å²) in [5.74, 6) is 1.13. The van der Waals surface area contributed by atoms with Gasteiger partial charge in [0.2, 0.25) is 0 Å². The normalized spacial score (nSPS) is 13.1. The molecule has 1 aromatic rings. The van der Waals surface area contributed by atoms with E-state index in [1.54, 1.807) is 24.8 Å². The van der Waals surface area contributed by atoms with E-state index in [4.69, 9.17) is 9.84 Å². The van der Waals surface area contributed by atoms with Crippen LogP contribution in [0.2, 0.25) is 0 Å². The first-order valence-electron chi connectivity index (χ1n) is 10.8. The van der Waals surface area contributed by atoms with Gasteiger partial charge in [-0.25, -0.2) is 4.79 Å². The highest BCUT2D eigenvalue weighted by Crippen LogP contribution is 2.33. The van der Waals surface area contributed by atoms with E-state index in [1.807, 2.05) is 26.0 Å². The highest BCUT2D eigenvalue weighted by atomic mass is 32.2. The Labute approximate surface area is 202 Å². The summed E-state index contributed by atoms with van der Waals surface area (Å²) < 4.78 is 42.8. The molecule has 0 fully saturated rings. The molecule has 1 aromatic carbocycles. The van der Waals surface area contributed by atoms with Crippen molar-refractivity contribution in [3.05, 3.63) is 47.1 Å². The standard InChI is InChI=1S/C24H32F3NO3S2/c1-5-9-19-17(4)21(12-11-20(19)31-16-22(29)30)32-14-15-33-23(28-7-3)18(6-2)10-8-13-24(25,26)27/h6,8,10-12H,5,7,9,13-16H2,1-4H3,(H,29,30)/b10-8-,18-6+,28-23?. The van der Waals surface area contributed by atoms with Gasteiger partial charge < -0.3 is 9.84 Å². The summed E-state index contributed by atoms with van der Waals surface area (Å²) >= 11 is 3.22. The largest absolute Gasteiger partial charge is 0.482 e. The quantitative estimate of drug-likeness (QED) is 0.102. The molecule has 0 aliphatic carbocycles. The van der Waals surface area contributed by atoms with E-state index < -0.39 is 18.6 Å². The van der Waals surface area contributed by atoms with Crippen LogP contribution in [-0.2, 0) is 11.2 Å². The van der Waals surface area contributed by atoms with Crippen molar-refractivity contribution in [2.75, 3.05) is 24.7 Å². The minimum absolute atomic E-state index is 0.372. The molecular weight excluding hydrogens is 471 g/mol. The van der Waals surface area contributed by atoms with Crippen molar-refractivity contribution in [2.24, 2.45) is 4.99 Å². The first kappa shape index (κ1) is 29.2. The van der Waals surface area contributed by atoms with E-state index in [9.17, 15) is 18.0 Å². The molecule has 0 heterocycles. The lowest BCUT2D eigenvalue weighted by molar-refractivity contribution is -0.139. The number of rotatable bonds is 13. The number of alkyl halides is 3. The van der Waals surface area contributed by atoms with Gasteiger partial charge in [0.15, 0.2) is 6.61 Å². The van der Waals surface area contributed by atoms with Gasteiger partial charge in [0.1, 0.15) is 5.75 Å². The molecule has 0 spiro atoms. The summed E-state index contributed by atoms with van der Waals surface area (Å²) in [6, 6.07) is 3.77. The smallest absolute Gasteiger partial charge is 0.392 e. The second-order valence-electron chi connectivity index (χ2n) is 7.04. The molecule has 0 bridgehead atoms. The van der Waals surface area contributed by atoms with E-state index in [1.165, 1.54) is 17.8 Å². The van der Waals surface area contributed by atoms with Crippen molar-refractivity contribution < 1.29 is 27.8 Å². The summed E-state index contributed by atoms with van der Waals surface area (Å²) in [6.07, 6.45) is 0.922. The first-order chi connectivity index (χ1) is 15.6. The molecule has 0 aliphatic heterocycles. The zero-order chi connectivity index (χ0) is 24.9. The van der Waals surface area contributed by atoms with Gasteiger partial charge in [0.25, 0.3) is 0 Å². The van der Waals surface area contributed by atoms with Gasteiger partial charge in [-0.15, -0.1) is 23.5 Å². The Morgan fingerprint density at radius 1 is 1.24 bits per heavy atom. The van der Waals surface area contributed by atoms with Gasteiger partial charge in [-0.05, 0) is 50.5 Å². The molecular formula is C24H32F3NO3S2. The molecule has 9 heteroatoms. The maximum absolute atomic E-state index is 12.4. The van der Waals surface area contributed by atoms with Crippen molar-refractivity contribution in [1.29, 1.82) is 0 Å². The molecule has 0 aliphatic rings. The third-order valence-electron chi connectivity index (χ3n) is 4.44. The summed E-state index contributed by atoms with van der Waals surface area (Å²) in [7, 11) is 0. The number of carbonyl (C=O) groups is 1. The molecule has 0 atom stereocenters. The number of halogens is 3. The zero-order valence-corrected chi connectivity index (χ0v) is 21.1. The van der Waals surface area contributed by atoms with Crippen molar-refractivity contribution >= 4 is 34.5 Å². The van der Waals surface area contributed by atoms with Crippen molar-refractivity contribution in [2.45, 2.75) is 58.0 Å². The lowest BCUT2D eigenvalue weighted by atomic mass is 10.0. The predicted molar refractivity (Wildman–Crippen MR) is 133 cm³/mol. The molecule has 4 nitrogen and oxygen atoms in total. The van der Waals surface area contributed by atoms with E-state index in [0.717, 1.165) is 51.5 Å². The number of hydrogen-bond acceptors (Lipinski definition) is 5. The first-order valence-corrected chi connectivity index (χ1v) is 12.8. The van der Waals surface area contributed by atoms with Gasteiger partial charge in [-0.2, -0.15) is 13.2 Å². The highest BCUT2D eigenvalue weighted by Gasteiger charge is 2.24. The number of nitrogens with zero attached hydrogens (tertiary/aromatic N) is 1. The maximum atomic E-state index is 12.4. The Balaban J connectivity index is 2.79. The monoisotopic (exact) mass is 503 g/mol. The summed E-state index contributed by atoms with van der Waals surface area (Å²) in [6.45, 7) is 7.95. The van der Waals surface area contributed by atoms with Gasteiger partial charge in [-0.3, -0.25) is 4.99 Å². The molecule has 0 radical (unpaired) electrons. The number of allylic oxidation sites excluding steroid dienone is 3. The second-order valence-corrected chi connectivity index (χ2v) is 9.26. The number of thioether (sulfide) groups is 2. The maximum Gasteiger partial charge on any atom is 0.392 e. The Kier molecular flexibility index (Phi) is 13.4. The lowest BCUT2D eigenvalue weighted by Gasteiger charge is -2.16. The van der Waals surface area contributed by atoms with Crippen LogP contribution in [0.15, 0.2) is 45.8 Å². The van der Waals surface area contributed by atoms with Crippen LogP contribution in [0.1, 0.15) is 44.7 Å². The number of benzene rings is 1. The topological polar surface area (TPSA) is 58.9 Å². The molecule has 0 unspecified atom stereocenters. The highest BCUT2D eigenvalue weighted by molar-refractivity contribution is 8.15. The number of ether oxygens (including phenoxy) is 1. The number of aliphatic imine (C=N–C) groups is 1. The summed E-state index contributed by atoms with van der Waals surface area (Å²) in [5.41, 5.74) is 2.80. The number of hydrogen-bond donors (Lipinski definition) is 1. The summed E-state index contributed by atoms with van der Waals surface area (Å²) in [5, 5.41) is 9.62. The predicted octanol–water partition coefficient (Wildman–Crippen LogP) is 7.11. The Morgan fingerprint density at radius 2 is 1.97 bits per heavy atom. The van der Waals surface area contributed by atoms with Gasteiger partial charge in [0, 0.05) is 28.5 Å². The molecule has 0 amide bonds. The fourth-order valence-corrected chi connectivity index (χ4v) is 5.12. The number of carboxylic acids is 1. The second kappa shape index (κ2) is 15.1. The van der Waals surface area contributed by atoms with Crippen LogP contribution in [0.4, 0.5) is 13.2 Å². The van der Waals surface area contributed by atoms with Crippen LogP contribution < -0.4 is 4.74 Å². The fraction of sp³-hybridized carbons (Fsp3) is 0.500. The van der Waals surface area contributed by atoms with E-state index in [0.29, 0.717) is 17.9 Å². The number of carboxylic acid groups (broad SMARTS) is 1. The van der Waals surface area contributed by atoms with Crippen LogP contribution >= 0.6 is 23.5 Å². The average molecular weight is 504 g/mol. The Morgan fingerprint density at radius 3 is 2.55 bits per heavy atom. The third-order valence-corrected chi connectivity index (χ3v) is 6.91. The molecule has 1 N–H and O–H groups in total. The lowest BCUT2D eigenvalue weighted by Crippen LogP contribution is -2.11. The molecule has 0 saturated carbocycles. The molecule has 0 saturated heterocycles. The van der Waals surface area contributed by atoms with E-state index in [-0.39, 0.29) is 6.61 Å². The minimum Gasteiger partial charge on any atom is -0.482 e. The fourth-order valence-electron chi connectivity index (χ4n) is 2.97. The van der Waals surface area contributed by atoms with Crippen molar-refractivity contribution in [3.63, 3.8) is 0 Å². The van der Waals surface area contributed by atoms with E-state index in [2.05, 4.69) is 11.9 Å². The minimum atomic E-state index is -4.22. The Bertz CT molecular complexity index is 865.